The number of hydrogen-bond donors (Lipinski definition) is 1. The molecule has 0 spiro atoms. The van der Waals surface area contributed by atoms with Gasteiger partial charge in [-0.15, -0.1) is 0 Å². The van der Waals surface area contributed by atoms with Gasteiger partial charge >= 0.3 is 0 Å². The molecule has 8 heteroatoms. The van der Waals surface area contributed by atoms with E-state index in [9.17, 15) is 13.2 Å². The van der Waals surface area contributed by atoms with Crippen molar-refractivity contribution in [2.24, 2.45) is 0 Å². The molecular formula is C20H22N2O5S. The van der Waals surface area contributed by atoms with Crippen LogP contribution in [0.5, 0.6) is 11.5 Å². The Kier molecular flexibility index (Phi) is 7.41. The van der Waals surface area contributed by atoms with Crippen molar-refractivity contribution in [1.82, 2.24) is 5.32 Å². The Morgan fingerprint density at radius 1 is 1.04 bits per heavy atom. The lowest BCUT2D eigenvalue weighted by molar-refractivity contribution is -0.118. The van der Waals surface area contributed by atoms with Gasteiger partial charge in [0.25, 0.3) is 0 Å². The van der Waals surface area contributed by atoms with E-state index in [0.717, 1.165) is 5.56 Å². The predicted octanol–water partition coefficient (Wildman–Crippen LogP) is 1.85. The van der Waals surface area contributed by atoms with Crippen LogP contribution in [0.3, 0.4) is 0 Å². The number of sulfone groups is 1. The van der Waals surface area contributed by atoms with Gasteiger partial charge in [0.05, 0.1) is 31.6 Å². The number of nitrogens with zero attached hydrogens (tertiary/aromatic N) is 1. The summed E-state index contributed by atoms with van der Waals surface area (Å²) in [6.07, 6.45) is 0.530. The Morgan fingerprint density at radius 2 is 1.68 bits per heavy atom. The maximum Gasteiger partial charge on any atom is 0.235 e. The van der Waals surface area contributed by atoms with Gasteiger partial charge in [0.2, 0.25) is 5.91 Å². The summed E-state index contributed by atoms with van der Waals surface area (Å²) >= 11 is 0. The molecule has 0 atom stereocenters. The second-order valence-corrected chi connectivity index (χ2v) is 8.19. The molecule has 7 nitrogen and oxygen atoms in total. The minimum absolute atomic E-state index is 0.248. The molecule has 0 saturated heterocycles. The lowest BCUT2D eigenvalue weighted by Gasteiger charge is -2.10. The fraction of sp³-hybridized carbons (Fsp3) is 0.300. The summed E-state index contributed by atoms with van der Waals surface area (Å²) in [4.78, 5) is 12.0. The number of carbonyl (C=O) groups excluding carboxylic acids is 1. The second kappa shape index (κ2) is 9.76. The molecule has 28 heavy (non-hydrogen) atoms. The Balaban J connectivity index is 1.85. The van der Waals surface area contributed by atoms with Gasteiger partial charge in [-0.1, -0.05) is 18.2 Å². The first-order chi connectivity index (χ1) is 13.4. The highest BCUT2D eigenvalue weighted by atomic mass is 32.2. The number of methoxy groups -OCH3 is 2. The highest BCUT2D eigenvalue weighted by Gasteiger charge is 2.17. The fourth-order valence-electron chi connectivity index (χ4n) is 2.61. The SMILES string of the molecule is COc1ccc(CCNC(=O)CS(=O)(=O)Cc2ccc(C#N)cc2)cc1OC. The van der Waals surface area contributed by atoms with Crippen molar-refractivity contribution in [3.63, 3.8) is 0 Å². The Labute approximate surface area is 164 Å². The summed E-state index contributed by atoms with van der Waals surface area (Å²) in [6.45, 7) is 0.306. The van der Waals surface area contributed by atoms with Gasteiger partial charge in [0.15, 0.2) is 21.3 Å². The summed E-state index contributed by atoms with van der Waals surface area (Å²) in [5.41, 5.74) is 1.92. The molecule has 0 heterocycles. The van der Waals surface area contributed by atoms with Crippen LogP contribution in [0.4, 0.5) is 0 Å². The first-order valence-electron chi connectivity index (χ1n) is 8.54. The van der Waals surface area contributed by atoms with Gasteiger partial charge in [-0.25, -0.2) is 8.42 Å². The van der Waals surface area contributed by atoms with Crippen molar-refractivity contribution in [3.05, 3.63) is 59.2 Å². The van der Waals surface area contributed by atoms with Crippen LogP contribution in [0.2, 0.25) is 0 Å². The average molecular weight is 402 g/mol. The van der Waals surface area contributed by atoms with Crippen LogP contribution in [-0.4, -0.2) is 40.8 Å². The summed E-state index contributed by atoms with van der Waals surface area (Å²) in [7, 11) is -0.504. The van der Waals surface area contributed by atoms with Gasteiger partial charge in [0.1, 0.15) is 5.75 Å². The molecule has 0 aliphatic heterocycles. The highest BCUT2D eigenvalue weighted by Crippen LogP contribution is 2.27. The minimum atomic E-state index is -3.60. The van der Waals surface area contributed by atoms with E-state index in [0.29, 0.717) is 35.6 Å². The van der Waals surface area contributed by atoms with Crippen molar-refractivity contribution in [2.75, 3.05) is 26.5 Å². The lowest BCUT2D eigenvalue weighted by atomic mass is 10.1. The third kappa shape index (κ3) is 6.28. The van der Waals surface area contributed by atoms with Crippen LogP contribution in [-0.2, 0) is 26.8 Å². The molecule has 0 radical (unpaired) electrons. The average Bonchev–Trinajstić information content (AvgIpc) is 2.67. The van der Waals surface area contributed by atoms with Crippen molar-refractivity contribution in [3.8, 4) is 17.6 Å². The van der Waals surface area contributed by atoms with Crippen molar-refractivity contribution >= 4 is 15.7 Å². The molecule has 0 bridgehead atoms. The molecule has 2 aromatic rings. The zero-order chi connectivity index (χ0) is 20.6. The number of rotatable bonds is 9. The molecule has 0 saturated carbocycles. The van der Waals surface area contributed by atoms with E-state index in [1.54, 1.807) is 44.6 Å². The predicted molar refractivity (Wildman–Crippen MR) is 105 cm³/mol. The van der Waals surface area contributed by atoms with E-state index in [2.05, 4.69) is 5.32 Å². The highest BCUT2D eigenvalue weighted by molar-refractivity contribution is 7.91. The number of nitrogens with one attached hydrogen (secondary N) is 1. The number of ether oxygens (including phenoxy) is 2. The molecule has 0 fully saturated rings. The normalized spacial score (nSPS) is 10.8. The van der Waals surface area contributed by atoms with Gasteiger partial charge < -0.3 is 14.8 Å². The van der Waals surface area contributed by atoms with E-state index in [1.165, 1.54) is 0 Å². The topological polar surface area (TPSA) is 105 Å². The molecule has 148 valence electrons. The van der Waals surface area contributed by atoms with Crippen LogP contribution >= 0.6 is 0 Å². The van der Waals surface area contributed by atoms with E-state index >= 15 is 0 Å². The van der Waals surface area contributed by atoms with E-state index in [1.807, 2.05) is 18.2 Å². The molecular weight excluding hydrogens is 380 g/mol. The largest absolute Gasteiger partial charge is 0.493 e. The minimum Gasteiger partial charge on any atom is -0.493 e. The zero-order valence-electron chi connectivity index (χ0n) is 15.8. The molecule has 2 rings (SSSR count). The molecule has 0 aromatic heterocycles. The van der Waals surface area contributed by atoms with Gasteiger partial charge in [-0.2, -0.15) is 5.26 Å². The third-order valence-corrected chi connectivity index (χ3v) is 5.48. The van der Waals surface area contributed by atoms with E-state index in [-0.39, 0.29) is 5.75 Å². The number of benzene rings is 2. The fourth-order valence-corrected chi connectivity index (χ4v) is 3.92. The van der Waals surface area contributed by atoms with Crippen LogP contribution in [0.1, 0.15) is 16.7 Å². The summed E-state index contributed by atoms with van der Waals surface area (Å²) in [5, 5.41) is 11.4. The summed E-state index contributed by atoms with van der Waals surface area (Å²) in [6, 6.07) is 13.7. The number of amides is 1. The molecule has 0 unspecified atom stereocenters. The molecule has 0 aliphatic carbocycles. The Morgan fingerprint density at radius 3 is 2.29 bits per heavy atom. The van der Waals surface area contributed by atoms with E-state index < -0.39 is 21.5 Å². The zero-order valence-corrected chi connectivity index (χ0v) is 16.6. The molecule has 1 amide bonds. The van der Waals surface area contributed by atoms with Crippen LogP contribution in [0.15, 0.2) is 42.5 Å². The van der Waals surface area contributed by atoms with Crippen molar-refractivity contribution in [2.45, 2.75) is 12.2 Å². The maximum absolute atomic E-state index is 12.2. The van der Waals surface area contributed by atoms with Crippen LogP contribution in [0.25, 0.3) is 0 Å². The van der Waals surface area contributed by atoms with Gasteiger partial charge in [0, 0.05) is 6.54 Å². The number of hydrogen-bond acceptors (Lipinski definition) is 6. The monoisotopic (exact) mass is 402 g/mol. The van der Waals surface area contributed by atoms with Gasteiger partial charge in [-0.3, -0.25) is 4.79 Å². The number of nitriles is 1. The smallest absolute Gasteiger partial charge is 0.235 e. The molecule has 1 N–H and O–H groups in total. The Bertz CT molecular complexity index is 963. The van der Waals surface area contributed by atoms with Crippen molar-refractivity contribution in [1.29, 1.82) is 5.26 Å². The first kappa shape index (κ1) is 21.3. The number of carbonyl (C=O) groups is 1. The third-order valence-electron chi connectivity index (χ3n) is 4.00. The maximum atomic E-state index is 12.2. The van der Waals surface area contributed by atoms with Crippen molar-refractivity contribution < 1.29 is 22.7 Å². The first-order valence-corrected chi connectivity index (χ1v) is 10.4. The Hall–Kier alpha value is -3.05. The van der Waals surface area contributed by atoms with Gasteiger partial charge in [-0.05, 0) is 41.8 Å². The summed E-state index contributed by atoms with van der Waals surface area (Å²) in [5.74, 6) is -0.171. The lowest BCUT2D eigenvalue weighted by Crippen LogP contribution is -2.32. The van der Waals surface area contributed by atoms with Crippen LogP contribution < -0.4 is 14.8 Å². The van der Waals surface area contributed by atoms with E-state index in [4.69, 9.17) is 14.7 Å². The standard InChI is InChI=1S/C20H22N2O5S/c1-26-18-8-7-15(11-19(18)27-2)9-10-22-20(23)14-28(24,25)13-17-5-3-16(12-21)4-6-17/h3-8,11H,9-10,13-14H2,1-2H3,(H,22,23). The molecule has 2 aromatic carbocycles. The summed E-state index contributed by atoms with van der Waals surface area (Å²) < 4.78 is 34.8. The quantitative estimate of drug-likeness (QED) is 0.686. The van der Waals surface area contributed by atoms with Crippen LogP contribution in [0, 0.1) is 11.3 Å². The molecule has 0 aliphatic rings. The second-order valence-electron chi connectivity index (χ2n) is 6.13.